The number of aryl methyl sites for hydroxylation is 1. The van der Waals surface area contributed by atoms with Gasteiger partial charge in [-0.15, -0.1) is 0 Å². The van der Waals surface area contributed by atoms with Crippen molar-refractivity contribution in [3.63, 3.8) is 0 Å². The molecule has 1 atom stereocenters. The van der Waals surface area contributed by atoms with Crippen LogP contribution in [-0.4, -0.2) is 0 Å². The van der Waals surface area contributed by atoms with Gasteiger partial charge in [0.15, 0.2) is 23.3 Å². The zero-order valence-electron chi connectivity index (χ0n) is 10.7. The quantitative estimate of drug-likeness (QED) is 0.495. The standard InChI is InChI=1S/C14H9ClF5N/c1-5-2-3-6(4-7(5)15)14(21)8-9(16)11(18)13(20)12(19)10(8)17/h2-4,14H,21H2,1H3. The molecule has 2 rings (SSSR count). The zero-order valence-corrected chi connectivity index (χ0v) is 11.4. The van der Waals surface area contributed by atoms with Crippen LogP contribution in [0.5, 0.6) is 0 Å². The Bertz CT molecular complexity index is 688. The van der Waals surface area contributed by atoms with Crippen molar-refractivity contribution in [3.8, 4) is 0 Å². The van der Waals surface area contributed by atoms with Gasteiger partial charge < -0.3 is 5.73 Å². The normalized spacial score (nSPS) is 12.6. The minimum atomic E-state index is -2.22. The number of halogens is 6. The van der Waals surface area contributed by atoms with Crippen LogP contribution in [0.2, 0.25) is 5.02 Å². The Balaban J connectivity index is 2.63. The Morgan fingerprint density at radius 1 is 0.905 bits per heavy atom. The van der Waals surface area contributed by atoms with Crippen LogP contribution in [-0.2, 0) is 0 Å². The monoisotopic (exact) mass is 321 g/mol. The molecule has 0 spiro atoms. The lowest BCUT2D eigenvalue weighted by molar-refractivity contribution is 0.367. The van der Waals surface area contributed by atoms with Crippen LogP contribution in [0.1, 0.15) is 22.7 Å². The Kier molecular flexibility index (Phi) is 4.20. The van der Waals surface area contributed by atoms with Crippen molar-refractivity contribution in [1.29, 1.82) is 0 Å². The maximum Gasteiger partial charge on any atom is 0.200 e. The fraction of sp³-hybridized carbons (Fsp3) is 0.143. The van der Waals surface area contributed by atoms with E-state index in [0.29, 0.717) is 5.56 Å². The first-order valence-electron chi connectivity index (χ1n) is 5.78. The molecule has 21 heavy (non-hydrogen) atoms. The molecule has 1 nitrogen and oxygen atoms in total. The van der Waals surface area contributed by atoms with E-state index in [-0.39, 0.29) is 10.6 Å². The molecule has 0 saturated carbocycles. The van der Waals surface area contributed by atoms with Gasteiger partial charge in [0.2, 0.25) is 5.82 Å². The molecule has 7 heteroatoms. The van der Waals surface area contributed by atoms with Gasteiger partial charge in [-0.3, -0.25) is 0 Å². The first-order chi connectivity index (χ1) is 9.75. The van der Waals surface area contributed by atoms with E-state index in [1.807, 2.05) is 0 Å². The van der Waals surface area contributed by atoms with Gasteiger partial charge in [-0.2, -0.15) is 0 Å². The number of rotatable bonds is 2. The molecule has 0 heterocycles. The molecule has 0 aromatic heterocycles. The minimum Gasteiger partial charge on any atom is -0.320 e. The van der Waals surface area contributed by atoms with Crippen molar-refractivity contribution in [3.05, 3.63) is 69.0 Å². The molecule has 0 radical (unpaired) electrons. The third-order valence-corrected chi connectivity index (χ3v) is 3.52. The lowest BCUT2D eigenvalue weighted by atomic mass is 9.97. The van der Waals surface area contributed by atoms with Gasteiger partial charge in [-0.05, 0) is 24.1 Å². The first kappa shape index (κ1) is 15.7. The highest BCUT2D eigenvalue weighted by Gasteiger charge is 2.29. The fourth-order valence-electron chi connectivity index (χ4n) is 1.86. The van der Waals surface area contributed by atoms with Gasteiger partial charge in [0, 0.05) is 5.02 Å². The molecule has 0 amide bonds. The zero-order chi connectivity index (χ0) is 15.9. The number of nitrogens with two attached hydrogens (primary N) is 1. The minimum absolute atomic E-state index is 0.133. The van der Waals surface area contributed by atoms with Gasteiger partial charge in [0.05, 0.1) is 11.6 Å². The van der Waals surface area contributed by atoms with E-state index in [0.717, 1.165) is 0 Å². The number of benzene rings is 2. The smallest absolute Gasteiger partial charge is 0.200 e. The molecule has 0 aliphatic carbocycles. The highest BCUT2D eigenvalue weighted by atomic mass is 35.5. The summed E-state index contributed by atoms with van der Waals surface area (Å²) in [7, 11) is 0. The summed E-state index contributed by atoms with van der Waals surface area (Å²) in [6.45, 7) is 1.69. The fourth-order valence-corrected chi connectivity index (χ4v) is 2.05. The third-order valence-electron chi connectivity index (χ3n) is 3.11. The van der Waals surface area contributed by atoms with Gasteiger partial charge in [-0.1, -0.05) is 23.7 Å². The van der Waals surface area contributed by atoms with Gasteiger partial charge in [-0.25, -0.2) is 22.0 Å². The molecule has 0 saturated heterocycles. The Morgan fingerprint density at radius 2 is 1.38 bits per heavy atom. The van der Waals surface area contributed by atoms with Crippen molar-refractivity contribution in [1.82, 2.24) is 0 Å². The summed E-state index contributed by atoms with van der Waals surface area (Å²) in [5, 5.41) is 0.270. The lowest BCUT2D eigenvalue weighted by Gasteiger charge is -2.16. The van der Waals surface area contributed by atoms with Crippen molar-refractivity contribution in [2.24, 2.45) is 5.73 Å². The summed E-state index contributed by atoms with van der Waals surface area (Å²) in [5.74, 6) is -10.2. The summed E-state index contributed by atoms with van der Waals surface area (Å²) in [6, 6.07) is 2.72. The molecule has 2 N–H and O–H groups in total. The second-order valence-corrected chi connectivity index (χ2v) is 4.88. The largest absolute Gasteiger partial charge is 0.320 e. The van der Waals surface area contributed by atoms with E-state index in [1.54, 1.807) is 6.92 Å². The molecular weight excluding hydrogens is 313 g/mol. The second-order valence-electron chi connectivity index (χ2n) is 4.47. The maximum absolute atomic E-state index is 13.7. The van der Waals surface area contributed by atoms with Crippen molar-refractivity contribution < 1.29 is 22.0 Å². The van der Waals surface area contributed by atoms with Crippen LogP contribution in [0.15, 0.2) is 18.2 Å². The van der Waals surface area contributed by atoms with Crippen molar-refractivity contribution >= 4 is 11.6 Å². The van der Waals surface area contributed by atoms with Gasteiger partial charge >= 0.3 is 0 Å². The topological polar surface area (TPSA) is 26.0 Å². The average Bonchev–Trinajstić information content (AvgIpc) is 2.46. The van der Waals surface area contributed by atoms with Crippen LogP contribution in [0.3, 0.4) is 0 Å². The number of hydrogen-bond donors (Lipinski definition) is 1. The molecule has 0 fully saturated rings. The molecule has 112 valence electrons. The molecule has 0 aliphatic rings. The molecule has 2 aromatic rings. The number of hydrogen-bond acceptors (Lipinski definition) is 1. The van der Waals surface area contributed by atoms with Gasteiger partial charge in [0.1, 0.15) is 0 Å². The van der Waals surface area contributed by atoms with Crippen LogP contribution < -0.4 is 5.73 Å². The van der Waals surface area contributed by atoms with Crippen LogP contribution in [0.4, 0.5) is 22.0 Å². The highest BCUT2D eigenvalue weighted by molar-refractivity contribution is 6.31. The first-order valence-corrected chi connectivity index (χ1v) is 6.16. The second kappa shape index (κ2) is 5.61. The summed E-state index contributed by atoms with van der Waals surface area (Å²) >= 11 is 5.86. The molecular formula is C14H9ClF5N. The summed E-state index contributed by atoms with van der Waals surface area (Å²) in [6.07, 6.45) is 0. The van der Waals surface area contributed by atoms with Crippen molar-refractivity contribution in [2.75, 3.05) is 0 Å². The Morgan fingerprint density at radius 3 is 1.86 bits per heavy atom. The van der Waals surface area contributed by atoms with Gasteiger partial charge in [0.25, 0.3) is 0 Å². The molecule has 0 aliphatic heterocycles. The predicted octanol–water partition coefficient (Wildman–Crippen LogP) is 4.39. The maximum atomic E-state index is 13.7. The summed E-state index contributed by atoms with van der Waals surface area (Å²) in [4.78, 5) is 0. The van der Waals surface area contributed by atoms with E-state index in [9.17, 15) is 22.0 Å². The van der Waals surface area contributed by atoms with E-state index in [1.165, 1.54) is 18.2 Å². The van der Waals surface area contributed by atoms with Crippen molar-refractivity contribution in [2.45, 2.75) is 13.0 Å². The van der Waals surface area contributed by atoms with E-state index >= 15 is 0 Å². The lowest BCUT2D eigenvalue weighted by Crippen LogP contribution is -2.19. The Labute approximate surface area is 122 Å². The predicted molar refractivity (Wildman–Crippen MR) is 68.5 cm³/mol. The molecule has 2 aromatic carbocycles. The van der Waals surface area contributed by atoms with Crippen LogP contribution in [0, 0.1) is 36.0 Å². The average molecular weight is 322 g/mol. The van der Waals surface area contributed by atoms with Crippen LogP contribution in [0.25, 0.3) is 0 Å². The van der Waals surface area contributed by atoms with Crippen LogP contribution >= 0.6 is 11.6 Å². The SMILES string of the molecule is Cc1ccc(C(N)c2c(F)c(F)c(F)c(F)c2F)cc1Cl. The Hall–Kier alpha value is -1.66. The molecule has 1 unspecified atom stereocenters. The van der Waals surface area contributed by atoms with E-state index in [2.05, 4.69) is 0 Å². The highest BCUT2D eigenvalue weighted by Crippen LogP contribution is 2.31. The van der Waals surface area contributed by atoms with E-state index in [4.69, 9.17) is 17.3 Å². The summed E-state index contributed by atoms with van der Waals surface area (Å²) in [5.41, 5.74) is 5.36. The molecule has 0 bridgehead atoms. The summed E-state index contributed by atoms with van der Waals surface area (Å²) < 4.78 is 66.7. The third kappa shape index (κ3) is 2.61. The van der Waals surface area contributed by atoms with E-state index < -0.39 is 40.7 Å².